The van der Waals surface area contributed by atoms with Gasteiger partial charge in [-0.1, -0.05) is 0 Å². The summed E-state index contributed by atoms with van der Waals surface area (Å²) in [6.07, 6.45) is -5.32. The van der Waals surface area contributed by atoms with Crippen LogP contribution in [0.1, 0.15) is 24.4 Å². The van der Waals surface area contributed by atoms with Crippen LogP contribution in [0, 0.1) is 0 Å². The maximum absolute atomic E-state index is 12.2. The summed E-state index contributed by atoms with van der Waals surface area (Å²) in [5.74, 6) is 1.30. The summed E-state index contributed by atoms with van der Waals surface area (Å²) in [7, 11) is 1.45. The Hall–Kier alpha value is -1.63. The van der Waals surface area contributed by atoms with Crippen molar-refractivity contribution in [1.82, 2.24) is 0 Å². The smallest absolute Gasteiger partial charge is 0.389 e. The minimum absolute atomic E-state index is 0.0624. The van der Waals surface area contributed by atoms with Crippen molar-refractivity contribution in [3.8, 4) is 17.2 Å². The van der Waals surface area contributed by atoms with E-state index in [4.69, 9.17) is 19.9 Å². The van der Waals surface area contributed by atoms with E-state index in [9.17, 15) is 13.2 Å². The van der Waals surface area contributed by atoms with E-state index >= 15 is 0 Å². The maximum atomic E-state index is 12.2. The van der Waals surface area contributed by atoms with Crippen LogP contribution in [-0.4, -0.2) is 20.1 Å². The minimum Gasteiger partial charge on any atom is -0.493 e. The Balaban J connectivity index is 2.16. The zero-order valence-electron chi connectivity index (χ0n) is 10.3. The van der Waals surface area contributed by atoms with Crippen molar-refractivity contribution in [2.45, 2.75) is 25.1 Å². The van der Waals surface area contributed by atoms with Crippen LogP contribution in [-0.2, 0) is 0 Å². The van der Waals surface area contributed by atoms with E-state index in [-0.39, 0.29) is 13.2 Å². The quantitative estimate of drug-likeness (QED) is 0.919. The molecule has 4 nitrogen and oxygen atoms in total. The molecule has 0 saturated heterocycles. The lowest BCUT2D eigenvalue weighted by Crippen LogP contribution is -2.15. The molecule has 0 unspecified atom stereocenters. The van der Waals surface area contributed by atoms with Crippen LogP contribution in [0.25, 0.3) is 0 Å². The van der Waals surface area contributed by atoms with Gasteiger partial charge in [0.05, 0.1) is 7.11 Å². The number of hydrogen-bond acceptors (Lipinski definition) is 4. The molecule has 19 heavy (non-hydrogen) atoms. The van der Waals surface area contributed by atoms with Gasteiger partial charge in [0.1, 0.15) is 0 Å². The SMILES string of the molecule is COc1cc([C@@H](N)CCC(F)(F)F)cc2c1OCO2. The standard InChI is InChI=1S/C12H14F3NO3/c1-17-9-4-7(5-10-11(9)19-6-18-10)8(16)2-3-12(13,14)15/h4-5,8H,2-3,6,16H2,1H3/t8-/m0/s1. The van der Waals surface area contributed by atoms with Gasteiger partial charge in [-0.3, -0.25) is 0 Å². The fraction of sp³-hybridized carbons (Fsp3) is 0.500. The highest BCUT2D eigenvalue weighted by atomic mass is 19.4. The van der Waals surface area contributed by atoms with Crippen molar-refractivity contribution < 1.29 is 27.4 Å². The molecule has 0 bridgehead atoms. The molecule has 0 spiro atoms. The van der Waals surface area contributed by atoms with E-state index in [1.54, 1.807) is 12.1 Å². The molecular weight excluding hydrogens is 263 g/mol. The Bertz CT molecular complexity index is 462. The zero-order chi connectivity index (χ0) is 14.0. The fourth-order valence-corrected chi connectivity index (χ4v) is 1.85. The molecule has 1 aliphatic rings. The lowest BCUT2D eigenvalue weighted by Gasteiger charge is -2.15. The third-order valence-electron chi connectivity index (χ3n) is 2.85. The minimum atomic E-state index is -4.21. The summed E-state index contributed by atoms with van der Waals surface area (Å²) in [5.41, 5.74) is 6.30. The summed E-state index contributed by atoms with van der Waals surface area (Å²) < 4.78 is 52.0. The van der Waals surface area contributed by atoms with E-state index in [1.165, 1.54) is 7.11 Å². The predicted octanol–water partition coefficient (Wildman–Crippen LogP) is 2.77. The lowest BCUT2D eigenvalue weighted by atomic mass is 10.0. The third kappa shape index (κ3) is 3.23. The summed E-state index contributed by atoms with van der Waals surface area (Å²) in [6.45, 7) is 0.0624. The Morgan fingerprint density at radius 3 is 2.74 bits per heavy atom. The topological polar surface area (TPSA) is 53.7 Å². The van der Waals surface area contributed by atoms with E-state index in [0.717, 1.165) is 0 Å². The number of hydrogen-bond donors (Lipinski definition) is 1. The van der Waals surface area contributed by atoms with Gasteiger partial charge in [-0.15, -0.1) is 0 Å². The molecule has 1 aromatic rings. The van der Waals surface area contributed by atoms with E-state index < -0.39 is 18.6 Å². The van der Waals surface area contributed by atoms with Gasteiger partial charge < -0.3 is 19.9 Å². The van der Waals surface area contributed by atoms with Crippen molar-refractivity contribution in [2.75, 3.05) is 13.9 Å². The molecule has 0 amide bonds. The number of nitrogens with two attached hydrogens (primary N) is 1. The zero-order valence-corrected chi connectivity index (χ0v) is 10.3. The maximum Gasteiger partial charge on any atom is 0.389 e. The second-order valence-electron chi connectivity index (χ2n) is 4.22. The molecule has 0 aliphatic carbocycles. The van der Waals surface area contributed by atoms with Gasteiger partial charge in [0.2, 0.25) is 12.5 Å². The first-order valence-electron chi connectivity index (χ1n) is 5.70. The summed E-state index contributed by atoms with van der Waals surface area (Å²) in [6, 6.07) is 2.44. The van der Waals surface area contributed by atoms with Gasteiger partial charge in [0.15, 0.2) is 11.5 Å². The van der Waals surface area contributed by atoms with Gasteiger partial charge in [0.25, 0.3) is 0 Å². The fourth-order valence-electron chi connectivity index (χ4n) is 1.85. The number of ether oxygens (including phenoxy) is 3. The molecule has 1 aromatic carbocycles. The molecule has 1 heterocycles. The Labute approximate surface area is 108 Å². The molecule has 0 saturated carbocycles. The van der Waals surface area contributed by atoms with E-state index in [0.29, 0.717) is 22.8 Å². The monoisotopic (exact) mass is 277 g/mol. The van der Waals surface area contributed by atoms with Gasteiger partial charge >= 0.3 is 6.18 Å². The molecule has 0 radical (unpaired) electrons. The first kappa shape index (κ1) is 13.8. The van der Waals surface area contributed by atoms with Gasteiger partial charge in [0, 0.05) is 12.5 Å². The molecule has 2 N–H and O–H groups in total. The summed E-state index contributed by atoms with van der Waals surface area (Å²) in [4.78, 5) is 0. The van der Waals surface area contributed by atoms with Crippen LogP contribution in [0.2, 0.25) is 0 Å². The van der Waals surface area contributed by atoms with Crippen molar-refractivity contribution >= 4 is 0 Å². The van der Waals surface area contributed by atoms with Crippen molar-refractivity contribution in [3.05, 3.63) is 17.7 Å². The first-order valence-corrected chi connectivity index (χ1v) is 5.70. The normalized spacial score (nSPS) is 15.4. The van der Waals surface area contributed by atoms with Crippen LogP contribution < -0.4 is 19.9 Å². The first-order chi connectivity index (χ1) is 8.90. The molecule has 7 heteroatoms. The third-order valence-corrected chi connectivity index (χ3v) is 2.85. The molecule has 1 aliphatic heterocycles. The average Bonchev–Trinajstić information content (AvgIpc) is 2.81. The van der Waals surface area contributed by atoms with Crippen LogP contribution in [0.4, 0.5) is 13.2 Å². The van der Waals surface area contributed by atoms with Crippen molar-refractivity contribution in [2.24, 2.45) is 5.73 Å². The molecule has 0 aromatic heterocycles. The van der Waals surface area contributed by atoms with E-state index in [2.05, 4.69) is 0 Å². The summed E-state index contributed by atoms with van der Waals surface area (Å²) >= 11 is 0. The Kier molecular flexibility index (Phi) is 3.75. The lowest BCUT2D eigenvalue weighted by molar-refractivity contribution is -0.136. The number of benzene rings is 1. The predicted molar refractivity (Wildman–Crippen MR) is 61.3 cm³/mol. The number of fused-ring (bicyclic) bond motifs is 1. The van der Waals surface area contributed by atoms with Gasteiger partial charge in [-0.25, -0.2) is 0 Å². The Morgan fingerprint density at radius 1 is 1.37 bits per heavy atom. The van der Waals surface area contributed by atoms with Gasteiger partial charge in [-0.05, 0) is 24.1 Å². The van der Waals surface area contributed by atoms with Crippen LogP contribution >= 0.6 is 0 Å². The Morgan fingerprint density at radius 2 is 2.11 bits per heavy atom. The number of rotatable bonds is 4. The highest BCUT2D eigenvalue weighted by Gasteiger charge is 2.29. The second-order valence-corrected chi connectivity index (χ2v) is 4.22. The molecule has 2 rings (SSSR count). The second kappa shape index (κ2) is 5.16. The van der Waals surface area contributed by atoms with E-state index in [1.807, 2.05) is 0 Å². The van der Waals surface area contributed by atoms with Gasteiger partial charge in [-0.2, -0.15) is 13.2 Å². The number of halogens is 3. The summed E-state index contributed by atoms with van der Waals surface area (Å²) in [5, 5.41) is 0. The molecular formula is C12H14F3NO3. The molecule has 106 valence electrons. The van der Waals surface area contributed by atoms with Crippen molar-refractivity contribution in [3.63, 3.8) is 0 Å². The van der Waals surface area contributed by atoms with Crippen LogP contribution in [0.15, 0.2) is 12.1 Å². The molecule has 1 atom stereocenters. The highest BCUT2D eigenvalue weighted by molar-refractivity contribution is 5.55. The highest BCUT2D eigenvalue weighted by Crippen LogP contribution is 2.43. The average molecular weight is 277 g/mol. The van der Waals surface area contributed by atoms with Crippen LogP contribution in [0.3, 0.4) is 0 Å². The number of alkyl halides is 3. The van der Waals surface area contributed by atoms with Crippen molar-refractivity contribution in [1.29, 1.82) is 0 Å². The number of methoxy groups -OCH3 is 1. The largest absolute Gasteiger partial charge is 0.493 e. The van der Waals surface area contributed by atoms with Crippen LogP contribution in [0.5, 0.6) is 17.2 Å². The molecule has 0 fully saturated rings.